The minimum absolute atomic E-state index is 0.0338. The molecule has 0 bridgehead atoms. The van der Waals surface area contributed by atoms with E-state index in [0.29, 0.717) is 18.8 Å². The summed E-state index contributed by atoms with van der Waals surface area (Å²) < 4.78 is 28.1. The van der Waals surface area contributed by atoms with E-state index in [1.165, 1.54) is 12.1 Å². The van der Waals surface area contributed by atoms with Crippen LogP contribution in [-0.2, 0) is 15.5 Å². The van der Waals surface area contributed by atoms with Gasteiger partial charge in [-0.2, -0.15) is 0 Å². The molecular weight excluding hydrogens is 355 g/mol. The summed E-state index contributed by atoms with van der Waals surface area (Å²) in [7, 11) is 1.32. The summed E-state index contributed by atoms with van der Waals surface area (Å²) in [6.07, 6.45) is 0.699. The third kappa shape index (κ3) is 4.27. The van der Waals surface area contributed by atoms with Crippen molar-refractivity contribution in [3.63, 3.8) is 0 Å². The van der Waals surface area contributed by atoms with Crippen molar-refractivity contribution >= 4 is 42.9 Å². The predicted octanol–water partition coefficient (Wildman–Crippen LogP) is 4.54. The van der Waals surface area contributed by atoms with Gasteiger partial charge in [0, 0.05) is 17.1 Å². The molecule has 0 amide bonds. The second kappa shape index (κ2) is 6.88. The van der Waals surface area contributed by atoms with E-state index in [-0.39, 0.29) is 14.9 Å². The van der Waals surface area contributed by atoms with Crippen LogP contribution < -0.4 is 4.74 Å². The van der Waals surface area contributed by atoms with E-state index in [0.717, 1.165) is 5.56 Å². The maximum absolute atomic E-state index is 11.3. The van der Waals surface area contributed by atoms with Crippen molar-refractivity contribution in [1.82, 2.24) is 0 Å². The van der Waals surface area contributed by atoms with Crippen LogP contribution in [0.15, 0.2) is 47.4 Å². The van der Waals surface area contributed by atoms with Crippen molar-refractivity contribution < 1.29 is 13.2 Å². The smallest absolute Gasteiger partial charge is 0.262 e. The van der Waals surface area contributed by atoms with E-state index in [1.54, 1.807) is 0 Å². The molecule has 2 rings (SSSR count). The average molecular weight is 366 g/mol. The molecule has 2 aromatic carbocycles. The molecule has 3 nitrogen and oxygen atoms in total. The average Bonchev–Trinajstić information content (AvgIpc) is 2.43. The molecule has 7 heteroatoms. The number of rotatable bonds is 5. The SMILES string of the molecule is O=S(=O)(Cl)c1ccc(OCCc2ccccc2)c(Cl)c1Cl. The molecule has 21 heavy (non-hydrogen) atoms. The fourth-order valence-corrected chi connectivity index (χ4v) is 3.52. The monoisotopic (exact) mass is 364 g/mol. The maximum atomic E-state index is 11.3. The molecule has 0 unspecified atom stereocenters. The normalized spacial score (nSPS) is 11.4. The van der Waals surface area contributed by atoms with E-state index >= 15 is 0 Å². The summed E-state index contributed by atoms with van der Waals surface area (Å²) in [6, 6.07) is 12.5. The largest absolute Gasteiger partial charge is 0.492 e. The molecule has 0 aromatic heterocycles. The summed E-state index contributed by atoms with van der Waals surface area (Å²) in [5, 5.41) is -0.102. The van der Waals surface area contributed by atoms with Crippen molar-refractivity contribution in [3.05, 3.63) is 58.1 Å². The van der Waals surface area contributed by atoms with Crippen molar-refractivity contribution in [3.8, 4) is 5.75 Å². The summed E-state index contributed by atoms with van der Waals surface area (Å²) >= 11 is 11.9. The fourth-order valence-electron chi connectivity index (χ4n) is 1.74. The van der Waals surface area contributed by atoms with Gasteiger partial charge in [-0.25, -0.2) is 8.42 Å². The Labute approximate surface area is 137 Å². The highest BCUT2D eigenvalue weighted by Gasteiger charge is 2.19. The van der Waals surface area contributed by atoms with Crippen LogP contribution in [0, 0.1) is 0 Å². The Morgan fingerprint density at radius 3 is 2.24 bits per heavy atom. The maximum Gasteiger partial charge on any atom is 0.262 e. The highest BCUT2D eigenvalue weighted by atomic mass is 35.7. The molecule has 0 N–H and O–H groups in total. The lowest BCUT2D eigenvalue weighted by molar-refractivity contribution is 0.322. The summed E-state index contributed by atoms with van der Waals surface area (Å²) in [6.45, 7) is 0.396. The molecule has 0 aliphatic rings. The number of hydrogen-bond donors (Lipinski definition) is 0. The van der Waals surface area contributed by atoms with Crippen LogP contribution in [0.3, 0.4) is 0 Å². The van der Waals surface area contributed by atoms with Crippen LogP contribution >= 0.6 is 33.9 Å². The molecule has 0 aliphatic heterocycles. The zero-order chi connectivity index (χ0) is 15.5. The van der Waals surface area contributed by atoms with Gasteiger partial charge in [0.2, 0.25) is 0 Å². The lowest BCUT2D eigenvalue weighted by Crippen LogP contribution is -2.02. The first-order valence-corrected chi connectivity index (χ1v) is 9.05. The third-order valence-electron chi connectivity index (χ3n) is 2.77. The van der Waals surface area contributed by atoms with E-state index < -0.39 is 9.05 Å². The number of halogens is 3. The van der Waals surface area contributed by atoms with Gasteiger partial charge in [-0.15, -0.1) is 0 Å². The van der Waals surface area contributed by atoms with Crippen LogP contribution in [0.1, 0.15) is 5.56 Å². The Morgan fingerprint density at radius 1 is 0.952 bits per heavy atom. The van der Waals surface area contributed by atoms with Gasteiger partial charge in [-0.05, 0) is 17.7 Å². The lowest BCUT2D eigenvalue weighted by Gasteiger charge is -2.10. The van der Waals surface area contributed by atoms with Gasteiger partial charge in [0.15, 0.2) is 0 Å². The molecule has 0 aliphatic carbocycles. The Hall–Kier alpha value is -0.940. The first-order chi connectivity index (χ1) is 9.89. The summed E-state index contributed by atoms with van der Waals surface area (Å²) in [5.41, 5.74) is 1.12. The second-order valence-electron chi connectivity index (χ2n) is 4.21. The van der Waals surface area contributed by atoms with Crippen molar-refractivity contribution in [2.45, 2.75) is 11.3 Å². The zero-order valence-electron chi connectivity index (χ0n) is 10.7. The lowest BCUT2D eigenvalue weighted by atomic mass is 10.2. The Morgan fingerprint density at radius 2 is 1.62 bits per heavy atom. The standard InChI is InChI=1S/C14H11Cl3O3S/c15-13-11(6-7-12(14(13)16)21(17,18)19)20-9-8-10-4-2-1-3-5-10/h1-7H,8-9H2. The molecule has 0 radical (unpaired) electrons. The van der Waals surface area contributed by atoms with Gasteiger partial charge in [-0.3, -0.25) is 0 Å². The molecule has 0 spiro atoms. The molecule has 2 aromatic rings. The quantitative estimate of drug-likeness (QED) is 0.730. The van der Waals surface area contributed by atoms with Crippen molar-refractivity contribution in [2.24, 2.45) is 0 Å². The highest BCUT2D eigenvalue weighted by Crippen LogP contribution is 2.37. The molecule has 112 valence electrons. The Balaban J connectivity index is 2.10. The van der Waals surface area contributed by atoms with Crippen molar-refractivity contribution in [2.75, 3.05) is 6.61 Å². The summed E-state index contributed by atoms with van der Waals surface area (Å²) in [4.78, 5) is -0.230. The molecular formula is C14H11Cl3O3S. The molecule has 0 fully saturated rings. The van der Waals surface area contributed by atoms with Crippen LogP contribution in [0.4, 0.5) is 0 Å². The second-order valence-corrected chi connectivity index (χ2v) is 7.50. The number of ether oxygens (including phenoxy) is 1. The van der Waals surface area contributed by atoms with Gasteiger partial charge in [0.05, 0.1) is 11.6 Å². The van der Waals surface area contributed by atoms with E-state index in [1.807, 2.05) is 30.3 Å². The number of hydrogen-bond acceptors (Lipinski definition) is 3. The topological polar surface area (TPSA) is 43.4 Å². The molecule has 0 saturated heterocycles. The van der Waals surface area contributed by atoms with E-state index in [9.17, 15) is 8.42 Å². The predicted molar refractivity (Wildman–Crippen MR) is 85.1 cm³/mol. The van der Waals surface area contributed by atoms with Gasteiger partial charge in [0.1, 0.15) is 15.7 Å². The minimum atomic E-state index is -3.94. The van der Waals surface area contributed by atoms with Crippen LogP contribution in [0.5, 0.6) is 5.75 Å². The molecule has 0 heterocycles. The van der Waals surface area contributed by atoms with Gasteiger partial charge in [-0.1, -0.05) is 53.5 Å². The first kappa shape index (κ1) is 16.4. The van der Waals surface area contributed by atoms with Gasteiger partial charge >= 0.3 is 0 Å². The molecule has 0 saturated carbocycles. The Bertz CT molecular complexity index is 731. The van der Waals surface area contributed by atoms with Crippen LogP contribution in [0.25, 0.3) is 0 Å². The molecule has 0 atom stereocenters. The van der Waals surface area contributed by atoms with Gasteiger partial charge < -0.3 is 4.74 Å². The van der Waals surface area contributed by atoms with Gasteiger partial charge in [0.25, 0.3) is 9.05 Å². The van der Waals surface area contributed by atoms with Crippen LogP contribution in [0.2, 0.25) is 10.0 Å². The van der Waals surface area contributed by atoms with E-state index in [2.05, 4.69) is 0 Å². The first-order valence-electron chi connectivity index (χ1n) is 5.99. The summed E-state index contributed by atoms with van der Waals surface area (Å²) in [5.74, 6) is 0.321. The minimum Gasteiger partial charge on any atom is -0.492 e. The van der Waals surface area contributed by atoms with E-state index in [4.69, 9.17) is 38.6 Å². The highest BCUT2D eigenvalue weighted by molar-refractivity contribution is 8.13. The zero-order valence-corrected chi connectivity index (χ0v) is 13.8. The Kier molecular flexibility index (Phi) is 5.38. The fraction of sp³-hybridized carbons (Fsp3) is 0.143. The third-order valence-corrected chi connectivity index (χ3v) is 5.11. The van der Waals surface area contributed by atoms with Crippen molar-refractivity contribution in [1.29, 1.82) is 0 Å². The van der Waals surface area contributed by atoms with Crippen LogP contribution in [-0.4, -0.2) is 15.0 Å². The number of benzene rings is 2.